The van der Waals surface area contributed by atoms with Crippen molar-refractivity contribution in [2.75, 3.05) is 0 Å². The van der Waals surface area contributed by atoms with Crippen molar-refractivity contribution in [3.63, 3.8) is 0 Å². The summed E-state index contributed by atoms with van der Waals surface area (Å²) in [7, 11) is 0. The minimum Gasteiger partial charge on any atom is -0.478 e. The first-order chi connectivity index (χ1) is 10.7. The number of benzene rings is 2. The van der Waals surface area contributed by atoms with Crippen LogP contribution < -0.4 is 0 Å². The Hall–Kier alpha value is -2.51. The lowest BCUT2D eigenvalue weighted by molar-refractivity contribution is 0.0690. The molecule has 0 aliphatic heterocycles. The van der Waals surface area contributed by atoms with Crippen LogP contribution in [0.15, 0.2) is 12.1 Å². The summed E-state index contributed by atoms with van der Waals surface area (Å²) in [5, 5.41) is 9.01. The Morgan fingerprint density at radius 3 is 1.78 bits per heavy atom. The van der Waals surface area contributed by atoms with Crippen LogP contribution in [0.5, 0.6) is 0 Å². The van der Waals surface area contributed by atoms with Crippen LogP contribution in [-0.2, 0) is 6.42 Å². The third-order valence-corrected chi connectivity index (χ3v) is 3.30. The molecule has 0 aromatic heterocycles. The molecule has 0 bridgehead atoms. The first-order valence-corrected chi connectivity index (χ1v) is 6.28. The number of carbonyl (C=O) groups is 1. The number of halogens is 6. The minimum absolute atomic E-state index is 0.0163. The lowest BCUT2D eigenvalue weighted by Crippen LogP contribution is -2.10. The van der Waals surface area contributed by atoms with E-state index in [2.05, 4.69) is 0 Å². The summed E-state index contributed by atoms with van der Waals surface area (Å²) in [6.07, 6.45) is 0.0932. The molecule has 0 amide bonds. The molecule has 0 aliphatic carbocycles. The van der Waals surface area contributed by atoms with Gasteiger partial charge in [-0.15, -0.1) is 0 Å². The second-order valence-corrected chi connectivity index (χ2v) is 4.56. The van der Waals surface area contributed by atoms with Crippen LogP contribution in [0, 0.1) is 34.9 Å². The van der Waals surface area contributed by atoms with E-state index in [9.17, 15) is 31.1 Å². The maximum atomic E-state index is 14.3. The molecule has 0 spiro atoms. The van der Waals surface area contributed by atoms with E-state index in [1.165, 1.54) is 6.92 Å². The Morgan fingerprint density at radius 1 is 0.870 bits per heavy atom. The average Bonchev–Trinajstić information content (AvgIpc) is 2.51. The maximum absolute atomic E-state index is 14.3. The van der Waals surface area contributed by atoms with Crippen LogP contribution in [0.4, 0.5) is 26.3 Å². The summed E-state index contributed by atoms with van der Waals surface area (Å²) in [5.41, 5.74) is -3.40. The molecule has 2 nitrogen and oxygen atoms in total. The summed E-state index contributed by atoms with van der Waals surface area (Å²) < 4.78 is 81.3. The van der Waals surface area contributed by atoms with Gasteiger partial charge < -0.3 is 5.11 Å². The molecule has 2 rings (SSSR count). The molecule has 122 valence electrons. The van der Waals surface area contributed by atoms with Crippen molar-refractivity contribution in [2.45, 2.75) is 13.3 Å². The molecule has 8 heteroatoms. The number of carboxylic acid groups (broad SMARTS) is 1. The summed E-state index contributed by atoms with van der Waals surface area (Å²) in [4.78, 5) is 11.1. The minimum atomic E-state index is -2.38. The van der Waals surface area contributed by atoms with Gasteiger partial charge in [0.05, 0.1) is 11.1 Å². The van der Waals surface area contributed by atoms with Gasteiger partial charge in [0.15, 0.2) is 23.3 Å². The van der Waals surface area contributed by atoms with Crippen molar-refractivity contribution in [3.8, 4) is 11.1 Å². The Bertz CT molecular complexity index is 787. The second kappa shape index (κ2) is 5.94. The van der Waals surface area contributed by atoms with Crippen molar-refractivity contribution < 1.29 is 36.2 Å². The predicted octanol–water partition coefficient (Wildman–Crippen LogP) is 4.45. The van der Waals surface area contributed by atoms with Gasteiger partial charge in [-0.3, -0.25) is 0 Å². The lowest BCUT2D eigenvalue weighted by atomic mass is 9.96. The number of rotatable bonds is 3. The van der Waals surface area contributed by atoms with Crippen LogP contribution in [0.3, 0.4) is 0 Å². The normalized spacial score (nSPS) is 10.9. The number of hydrogen-bond donors (Lipinski definition) is 1. The highest BCUT2D eigenvalue weighted by molar-refractivity contribution is 5.92. The van der Waals surface area contributed by atoms with Gasteiger partial charge in [0.25, 0.3) is 0 Å². The number of hydrogen-bond acceptors (Lipinski definition) is 1. The fraction of sp³-hybridized carbons (Fsp3) is 0.133. The highest BCUT2D eigenvalue weighted by atomic mass is 19.2. The number of aryl methyl sites for hydroxylation is 1. The summed E-state index contributed by atoms with van der Waals surface area (Å²) in [6.45, 7) is 1.51. The van der Waals surface area contributed by atoms with Gasteiger partial charge in [-0.2, -0.15) is 0 Å². The maximum Gasteiger partial charge on any atom is 0.338 e. The molecule has 2 aromatic rings. The Labute approximate surface area is 126 Å². The fourth-order valence-corrected chi connectivity index (χ4v) is 2.18. The zero-order valence-corrected chi connectivity index (χ0v) is 11.5. The fourth-order valence-electron chi connectivity index (χ4n) is 2.18. The monoisotopic (exact) mass is 334 g/mol. The topological polar surface area (TPSA) is 37.3 Å². The molecule has 0 fully saturated rings. The third-order valence-electron chi connectivity index (χ3n) is 3.30. The highest BCUT2D eigenvalue weighted by Gasteiger charge is 2.30. The van der Waals surface area contributed by atoms with E-state index in [4.69, 9.17) is 5.11 Å². The molecule has 0 saturated carbocycles. The van der Waals surface area contributed by atoms with E-state index in [1.807, 2.05) is 0 Å². The van der Waals surface area contributed by atoms with Gasteiger partial charge in [0, 0.05) is 5.56 Å². The van der Waals surface area contributed by atoms with Crippen LogP contribution in [0.2, 0.25) is 0 Å². The molecular formula is C15H8F6O2. The lowest BCUT2D eigenvalue weighted by Gasteiger charge is -2.12. The van der Waals surface area contributed by atoms with Gasteiger partial charge >= 0.3 is 5.97 Å². The SMILES string of the molecule is CCc1ccc(-c2c(F)c(F)c(F)c(F)c2F)c(F)c1C(=O)O. The van der Waals surface area contributed by atoms with Crippen molar-refractivity contribution in [3.05, 3.63) is 58.2 Å². The molecule has 0 atom stereocenters. The molecule has 0 heterocycles. The largest absolute Gasteiger partial charge is 0.478 e. The van der Waals surface area contributed by atoms with Crippen molar-refractivity contribution in [1.82, 2.24) is 0 Å². The molecule has 0 radical (unpaired) electrons. The number of carboxylic acids is 1. The van der Waals surface area contributed by atoms with Crippen LogP contribution in [0.1, 0.15) is 22.8 Å². The van der Waals surface area contributed by atoms with E-state index in [-0.39, 0.29) is 12.0 Å². The molecular weight excluding hydrogens is 326 g/mol. The van der Waals surface area contributed by atoms with Crippen LogP contribution >= 0.6 is 0 Å². The first kappa shape index (κ1) is 16.9. The molecule has 0 unspecified atom stereocenters. The highest BCUT2D eigenvalue weighted by Crippen LogP contribution is 2.35. The molecule has 1 N–H and O–H groups in total. The second-order valence-electron chi connectivity index (χ2n) is 4.56. The van der Waals surface area contributed by atoms with E-state index >= 15 is 0 Å². The van der Waals surface area contributed by atoms with Crippen LogP contribution in [0.25, 0.3) is 11.1 Å². The van der Waals surface area contributed by atoms with Gasteiger partial charge in [-0.25, -0.2) is 31.1 Å². The molecule has 0 saturated heterocycles. The van der Waals surface area contributed by atoms with E-state index in [0.29, 0.717) is 0 Å². The van der Waals surface area contributed by atoms with E-state index in [1.54, 1.807) is 0 Å². The zero-order chi connectivity index (χ0) is 17.5. The molecule has 0 aliphatic rings. The Balaban J connectivity index is 2.89. The summed E-state index contributed by atoms with van der Waals surface area (Å²) >= 11 is 0. The van der Waals surface area contributed by atoms with Crippen molar-refractivity contribution in [1.29, 1.82) is 0 Å². The van der Waals surface area contributed by atoms with Gasteiger partial charge in [0.1, 0.15) is 5.82 Å². The van der Waals surface area contributed by atoms with Gasteiger partial charge in [0.2, 0.25) is 5.82 Å². The van der Waals surface area contributed by atoms with Gasteiger partial charge in [-0.05, 0) is 12.0 Å². The van der Waals surface area contributed by atoms with Gasteiger partial charge in [-0.1, -0.05) is 19.1 Å². The standard InChI is InChI=1S/C15H8F6O2/c1-2-5-3-4-6(9(16)7(5)15(22)23)8-10(17)12(19)14(21)13(20)11(8)18/h3-4H,2H2,1H3,(H,22,23). The molecule has 2 aromatic carbocycles. The molecule has 23 heavy (non-hydrogen) atoms. The quantitative estimate of drug-likeness (QED) is 0.512. The summed E-state index contributed by atoms with van der Waals surface area (Å²) in [5.74, 6) is -14.6. The Kier molecular flexibility index (Phi) is 4.35. The smallest absolute Gasteiger partial charge is 0.338 e. The summed E-state index contributed by atoms with van der Waals surface area (Å²) in [6, 6.07) is 1.83. The third kappa shape index (κ3) is 2.54. The zero-order valence-electron chi connectivity index (χ0n) is 11.5. The predicted molar refractivity (Wildman–Crippen MR) is 68.0 cm³/mol. The van der Waals surface area contributed by atoms with E-state index < -0.39 is 57.6 Å². The van der Waals surface area contributed by atoms with Crippen LogP contribution in [-0.4, -0.2) is 11.1 Å². The Morgan fingerprint density at radius 2 is 1.35 bits per heavy atom. The van der Waals surface area contributed by atoms with Crippen molar-refractivity contribution in [2.24, 2.45) is 0 Å². The van der Waals surface area contributed by atoms with Crippen molar-refractivity contribution >= 4 is 5.97 Å². The number of aromatic carboxylic acids is 1. The average molecular weight is 334 g/mol. The van der Waals surface area contributed by atoms with E-state index in [0.717, 1.165) is 12.1 Å². The first-order valence-electron chi connectivity index (χ1n) is 6.28.